The first-order valence-electron chi connectivity index (χ1n) is 13.4. The standard InChI is InChI=1S/C31H35N5O4S/c1-7-39-30(38)28-21(5)33-31(41)34-29(28)25-10-8-9-11-26(25)40-17-27(37)35-32-16-23-15-20(4)36(22(23)6)24-13-18(2)12-19(3)14-24/h8-16,29H,7,17H2,1-6H3,(H,35,37)(H2,33,34,41)/t29-/m0/s1. The van der Waals surface area contributed by atoms with Crippen molar-refractivity contribution in [2.75, 3.05) is 13.2 Å². The summed E-state index contributed by atoms with van der Waals surface area (Å²) in [5.41, 5.74) is 10.6. The summed E-state index contributed by atoms with van der Waals surface area (Å²) in [5.74, 6) is -0.456. The zero-order valence-corrected chi connectivity index (χ0v) is 24.9. The summed E-state index contributed by atoms with van der Waals surface area (Å²) in [5, 5.41) is 10.6. The summed E-state index contributed by atoms with van der Waals surface area (Å²) < 4.78 is 13.3. The van der Waals surface area contributed by atoms with Crippen LogP contribution in [0, 0.1) is 27.7 Å². The van der Waals surface area contributed by atoms with Crippen LogP contribution in [0.3, 0.4) is 0 Å². The number of aryl methyl sites for hydroxylation is 3. The van der Waals surface area contributed by atoms with E-state index < -0.39 is 17.9 Å². The highest BCUT2D eigenvalue weighted by Gasteiger charge is 2.32. The zero-order chi connectivity index (χ0) is 29.7. The van der Waals surface area contributed by atoms with Crippen LogP contribution in [0.1, 0.15) is 53.5 Å². The summed E-state index contributed by atoms with van der Waals surface area (Å²) in [6.45, 7) is 11.7. The highest BCUT2D eigenvalue weighted by Crippen LogP contribution is 2.33. The molecule has 1 amide bonds. The maximum Gasteiger partial charge on any atom is 0.338 e. The second kappa shape index (κ2) is 12.8. The number of rotatable bonds is 9. The number of hydrazone groups is 1. The number of aromatic nitrogens is 1. The third-order valence-electron chi connectivity index (χ3n) is 6.68. The number of hydrogen-bond donors (Lipinski definition) is 3. The fourth-order valence-electron chi connectivity index (χ4n) is 5.00. The molecule has 4 rings (SSSR count). The summed E-state index contributed by atoms with van der Waals surface area (Å²) in [7, 11) is 0. The molecule has 0 fully saturated rings. The topological polar surface area (TPSA) is 106 Å². The third kappa shape index (κ3) is 6.83. The van der Waals surface area contributed by atoms with E-state index in [1.807, 2.05) is 32.0 Å². The van der Waals surface area contributed by atoms with Gasteiger partial charge in [-0.25, -0.2) is 10.2 Å². The van der Waals surface area contributed by atoms with Crippen molar-refractivity contribution < 1.29 is 19.1 Å². The molecule has 0 saturated heterocycles. The molecule has 0 aliphatic carbocycles. The fraction of sp³-hybridized carbons (Fsp3) is 0.290. The molecule has 2 aromatic carbocycles. The molecule has 0 unspecified atom stereocenters. The molecule has 0 spiro atoms. The predicted octanol–water partition coefficient (Wildman–Crippen LogP) is 4.60. The van der Waals surface area contributed by atoms with Crippen LogP contribution in [0.15, 0.2) is 64.9 Å². The molecule has 0 saturated carbocycles. The SMILES string of the molecule is CCOC(=O)C1=C(C)NC(=S)N[C@H]1c1ccccc1OCC(=O)NN=Cc1cc(C)n(-c2cc(C)cc(C)c2)c1C. The van der Waals surface area contributed by atoms with Crippen LogP contribution in [0.25, 0.3) is 5.69 Å². The molecule has 1 aliphatic heterocycles. The second-order valence-electron chi connectivity index (χ2n) is 9.92. The first-order valence-corrected chi connectivity index (χ1v) is 13.8. The Labute approximate surface area is 245 Å². The van der Waals surface area contributed by atoms with E-state index in [1.165, 1.54) is 11.1 Å². The number of carbonyl (C=O) groups is 2. The molecule has 9 nitrogen and oxygen atoms in total. The van der Waals surface area contributed by atoms with Gasteiger partial charge < -0.3 is 24.7 Å². The lowest BCUT2D eigenvalue weighted by Crippen LogP contribution is -2.45. The van der Waals surface area contributed by atoms with Gasteiger partial charge in [0.25, 0.3) is 5.91 Å². The molecule has 214 valence electrons. The molecular weight excluding hydrogens is 538 g/mol. The van der Waals surface area contributed by atoms with E-state index >= 15 is 0 Å². The highest BCUT2D eigenvalue weighted by molar-refractivity contribution is 7.80. The first-order chi connectivity index (χ1) is 19.6. The minimum Gasteiger partial charge on any atom is -0.483 e. The van der Waals surface area contributed by atoms with Gasteiger partial charge in [-0.2, -0.15) is 5.10 Å². The number of benzene rings is 2. The minimum atomic E-state index is -0.604. The molecular formula is C31H35N5O4S. The van der Waals surface area contributed by atoms with E-state index in [2.05, 4.69) is 57.8 Å². The van der Waals surface area contributed by atoms with Gasteiger partial charge in [0.2, 0.25) is 0 Å². The van der Waals surface area contributed by atoms with Crippen LogP contribution in [0.5, 0.6) is 5.75 Å². The van der Waals surface area contributed by atoms with Crippen molar-refractivity contribution in [1.29, 1.82) is 0 Å². The number of hydrogen-bond acceptors (Lipinski definition) is 6. The number of carbonyl (C=O) groups excluding carboxylic acids is 2. The van der Waals surface area contributed by atoms with Gasteiger partial charge in [-0.3, -0.25) is 4.79 Å². The van der Waals surface area contributed by atoms with E-state index in [1.54, 1.807) is 32.2 Å². The fourth-order valence-corrected chi connectivity index (χ4v) is 5.27. The van der Waals surface area contributed by atoms with Crippen LogP contribution in [0.2, 0.25) is 0 Å². The Balaban J connectivity index is 1.45. The van der Waals surface area contributed by atoms with Gasteiger partial charge in [0, 0.05) is 33.9 Å². The van der Waals surface area contributed by atoms with Gasteiger partial charge in [0.05, 0.1) is 24.4 Å². The Morgan fingerprint density at radius 3 is 2.49 bits per heavy atom. The van der Waals surface area contributed by atoms with Crippen molar-refractivity contribution >= 4 is 35.4 Å². The molecule has 2 heterocycles. The first kappa shape index (κ1) is 29.5. The minimum absolute atomic E-state index is 0.237. The van der Waals surface area contributed by atoms with Gasteiger partial charge in [-0.15, -0.1) is 0 Å². The Morgan fingerprint density at radius 2 is 1.78 bits per heavy atom. The van der Waals surface area contributed by atoms with Gasteiger partial charge in [0.1, 0.15) is 5.75 Å². The summed E-state index contributed by atoms with van der Waals surface area (Å²) in [4.78, 5) is 25.4. The van der Waals surface area contributed by atoms with Crippen molar-refractivity contribution in [1.82, 2.24) is 20.6 Å². The monoisotopic (exact) mass is 573 g/mol. The Kier molecular flexibility index (Phi) is 9.24. The lowest BCUT2D eigenvalue weighted by Gasteiger charge is -2.30. The van der Waals surface area contributed by atoms with Crippen molar-refractivity contribution in [2.24, 2.45) is 5.10 Å². The van der Waals surface area contributed by atoms with Gasteiger partial charge in [-0.05, 0) is 89.2 Å². The van der Waals surface area contributed by atoms with Crippen molar-refractivity contribution in [2.45, 2.75) is 47.6 Å². The van der Waals surface area contributed by atoms with Crippen molar-refractivity contribution in [3.05, 3.63) is 93.4 Å². The Morgan fingerprint density at radius 1 is 1.07 bits per heavy atom. The molecule has 41 heavy (non-hydrogen) atoms. The normalized spacial score (nSPS) is 15.0. The number of nitrogens with zero attached hydrogens (tertiary/aromatic N) is 2. The third-order valence-corrected chi connectivity index (χ3v) is 6.90. The van der Waals surface area contributed by atoms with E-state index in [4.69, 9.17) is 21.7 Å². The number of esters is 1. The van der Waals surface area contributed by atoms with Crippen molar-refractivity contribution in [3.63, 3.8) is 0 Å². The summed E-state index contributed by atoms with van der Waals surface area (Å²) >= 11 is 5.33. The molecule has 1 aliphatic rings. The average Bonchev–Trinajstić information content (AvgIpc) is 3.19. The number of amides is 1. The Hall–Kier alpha value is -4.44. The number of thiocarbonyl (C=S) groups is 1. The predicted molar refractivity (Wildman–Crippen MR) is 163 cm³/mol. The maximum absolute atomic E-state index is 12.7. The Bertz CT molecular complexity index is 1540. The summed E-state index contributed by atoms with van der Waals surface area (Å²) in [6, 6.07) is 15.0. The second-order valence-corrected chi connectivity index (χ2v) is 10.3. The largest absolute Gasteiger partial charge is 0.483 e. The number of allylic oxidation sites excluding steroid dienone is 1. The van der Waals surface area contributed by atoms with Gasteiger partial charge in [-0.1, -0.05) is 24.3 Å². The van der Waals surface area contributed by atoms with E-state index in [0.29, 0.717) is 27.7 Å². The van der Waals surface area contributed by atoms with Crippen LogP contribution in [-0.2, 0) is 14.3 Å². The smallest absolute Gasteiger partial charge is 0.338 e. The van der Waals surface area contributed by atoms with E-state index in [-0.39, 0.29) is 13.2 Å². The van der Waals surface area contributed by atoms with E-state index in [9.17, 15) is 9.59 Å². The molecule has 3 N–H and O–H groups in total. The van der Waals surface area contributed by atoms with Gasteiger partial charge in [0.15, 0.2) is 11.7 Å². The van der Waals surface area contributed by atoms with Gasteiger partial charge >= 0.3 is 5.97 Å². The highest BCUT2D eigenvalue weighted by atomic mass is 32.1. The molecule has 1 aromatic heterocycles. The molecule has 1 atom stereocenters. The van der Waals surface area contributed by atoms with Crippen LogP contribution >= 0.6 is 12.2 Å². The molecule has 0 bridgehead atoms. The molecule has 3 aromatic rings. The van der Waals surface area contributed by atoms with E-state index in [0.717, 1.165) is 22.6 Å². The zero-order valence-electron chi connectivity index (χ0n) is 24.1. The van der Waals surface area contributed by atoms with Crippen LogP contribution in [0.4, 0.5) is 0 Å². The lowest BCUT2D eigenvalue weighted by molar-refractivity contribution is -0.139. The number of para-hydroxylation sites is 1. The van der Waals surface area contributed by atoms with Crippen LogP contribution in [-0.4, -0.2) is 41.0 Å². The molecule has 0 radical (unpaired) electrons. The average molecular weight is 574 g/mol. The number of nitrogens with one attached hydrogen (secondary N) is 3. The lowest BCUT2D eigenvalue weighted by atomic mass is 9.95. The molecule has 10 heteroatoms. The quantitative estimate of drug-likeness (QED) is 0.149. The van der Waals surface area contributed by atoms with Crippen LogP contribution < -0.4 is 20.8 Å². The number of ether oxygens (including phenoxy) is 2. The summed E-state index contributed by atoms with van der Waals surface area (Å²) in [6.07, 6.45) is 1.63. The maximum atomic E-state index is 12.7. The van der Waals surface area contributed by atoms with Crippen molar-refractivity contribution in [3.8, 4) is 11.4 Å².